The Morgan fingerprint density at radius 1 is 1.00 bits per heavy atom. The van der Waals surface area contributed by atoms with Gasteiger partial charge in [-0.1, -0.05) is 24.3 Å². The molecule has 0 radical (unpaired) electrons. The molecule has 8 heteroatoms. The Morgan fingerprint density at radius 3 is 2.33 bits per heavy atom. The number of ether oxygens (including phenoxy) is 1. The molecule has 3 heterocycles. The molecule has 0 bridgehead atoms. The first-order valence-corrected chi connectivity index (χ1v) is 12.1. The van der Waals surface area contributed by atoms with Gasteiger partial charge in [-0.3, -0.25) is 14.3 Å². The molecule has 1 saturated heterocycles. The van der Waals surface area contributed by atoms with Crippen LogP contribution in [0.25, 0.3) is 11.1 Å². The van der Waals surface area contributed by atoms with Crippen molar-refractivity contribution in [1.82, 2.24) is 14.7 Å². The van der Waals surface area contributed by atoms with Gasteiger partial charge in [0.05, 0.1) is 23.7 Å². The Morgan fingerprint density at radius 2 is 1.69 bits per heavy atom. The molecule has 2 aliphatic heterocycles. The van der Waals surface area contributed by atoms with Crippen molar-refractivity contribution in [1.29, 1.82) is 0 Å². The molecule has 1 aromatic heterocycles. The predicted octanol–water partition coefficient (Wildman–Crippen LogP) is 4.64. The zero-order valence-corrected chi connectivity index (χ0v) is 20.7. The fourth-order valence-corrected chi connectivity index (χ4v) is 4.83. The number of carbonyl (C=O) groups is 3. The number of likely N-dealkylation sites (tertiary alicyclic amines) is 1. The van der Waals surface area contributed by atoms with Gasteiger partial charge in [-0.25, -0.2) is 4.79 Å². The number of aromatic carboxylic acids is 1. The maximum atomic E-state index is 13.3. The number of benzene rings is 2. The van der Waals surface area contributed by atoms with Crippen LogP contribution in [0.3, 0.4) is 0 Å². The Hall–Kier alpha value is -3.94. The highest BCUT2D eigenvalue weighted by atomic mass is 16.5. The first-order valence-electron chi connectivity index (χ1n) is 12.1. The molecule has 2 aromatic carbocycles. The van der Waals surface area contributed by atoms with Crippen LogP contribution in [0, 0.1) is 0 Å². The Bertz CT molecular complexity index is 1340. The third kappa shape index (κ3) is 4.39. The number of Topliss-reactive ketones (excluding diaryl/α,β-unsaturated/α-hetero) is 1. The summed E-state index contributed by atoms with van der Waals surface area (Å²) in [5, 5.41) is 13.6. The Labute approximate surface area is 209 Å². The van der Waals surface area contributed by atoms with Gasteiger partial charge in [0, 0.05) is 31.5 Å². The van der Waals surface area contributed by atoms with Crippen molar-refractivity contribution in [3.63, 3.8) is 0 Å². The lowest BCUT2D eigenvalue weighted by atomic mass is 9.83. The highest BCUT2D eigenvalue weighted by Crippen LogP contribution is 2.40. The van der Waals surface area contributed by atoms with Crippen LogP contribution in [0.5, 0.6) is 5.75 Å². The number of hydrogen-bond donors (Lipinski definition) is 1. The lowest BCUT2D eigenvalue weighted by Gasteiger charge is -2.43. The summed E-state index contributed by atoms with van der Waals surface area (Å²) in [5.41, 5.74) is 2.00. The zero-order valence-electron chi connectivity index (χ0n) is 20.7. The number of amides is 1. The van der Waals surface area contributed by atoms with Gasteiger partial charge in [0.2, 0.25) is 0 Å². The summed E-state index contributed by atoms with van der Waals surface area (Å²) in [5.74, 6) is -0.531. The summed E-state index contributed by atoms with van der Waals surface area (Å²) in [4.78, 5) is 39.1. The standard InChI is InChI=1S/C28H29N3O5/c1-27(2,3)31-17-23-24(29-31)22(32)16-28(36-23)11-13-30(14-12-28)25(33)21-6-4-5-20(15-21)18-7-9-19(10-8-18)26(34)35/h4-10,15,17H,11-14,16H2,1-3H3,(H,34,35). The van der Waals surface area contributed by atoms with E-state index in [-0.39, 0.29) is 29.2 Å². The monoisotopic (exact) mass is 487 g/mol. The summed E-state index contributed by atoms with van der Waals surface area (Å²) in [7, 11) is 0. The average Bonchev–Trinajstić information content (AvgIpc) is 3.29. The van der Waals surface area contributed by atoms with Crippen molar-refractivity contribution in [3.8, 4) is 16.9 Å². The van der Waals surface area contributed by atoms with Gasteiger partial charge >= 0.3 is 5.97 Å². The van der Waals surface area contributed by atoms with Crippen molar-refractivity contribution in [3.05, 3.63) is 71.5 Å². The molecule has 3 aromatic rings. The molecule has 36 heavy (non-hydrogen) atoms. The summed E-state index contributed by atoms with van der Waals surface area (Å²) >= 11 is 0. The molecule has 186 valence electrons. The minimum atomic E-state index is -0.976. The zero-order chi connectivity index (χ0) is 25.7. The molecule has 2 aliphatic rings. The highest BCUT2D eigenvalue weighted by molar-refractivity contribution is 5.99. The molecule has 1 N–H and O–H groups in total. The summed E-state index contributed by atoms with van der Waals surface area (Å²) in [6.45, 7) is 7.06. The van der Waals surface area contributed by atoms with Gasteiger partial charge in [0.15, 0.2) is 17.2 Å². The lowest BCUT2D eigenvalue weighted by Crippen LogP contribution is -2.52. The van der Waals surface area contributed by atoms with E-state index in [9.17, 15) is 14.4 Å². The van der Waals surface area contributed by atoms with Crippen molar-refractivity contribution in [2.24, 2.45) is 0 Å². The smallest absolute Gasteiger partial charge is 0.335 e. The Balaban J connectivity index is 1.29. The Kier molecular flexibility index (Phi) is 5.70. The van der Waals surface area contributed by atoms with Gasteiger partial charge in [0.25, 0.3) is 5.91 Å². The van der Waals surface area contributed by atoms with Gasteiger partial charge in [0.1, 0.15) is 5.60 Å². The van der Waals surface area contributed by atoms with Crippen molar-refractivity contribution in [2.75, 3.05) is 13.1 Å². The number of fused-ring (bicyclic) bond motifs is 1. The molecular formula is C28H29N3O5. The summed E-state index contributed by atoms with van der Waals surface area (Å²) in [6, 6.07) is 13.9. The summed E-state index contributed by atoms with van der Waals surface area (Å²) in [6.07, 6.45) is 3.22. The van der Waals surface area contributed by atoms with Gasteiger partial charge < -0.3 is 14.7 Å². The van der Waals surface area contributed by atoms with Crippen LogP contribution < -0.4 is 4.74 Å². The molecule has 0 unspecified atom stereocenters. The van der Waals surface area contributed by atoms with Crippen LogP contribution in [-0.4, -0.2) is 56.1 Å². The molecule has 5 rings (SSSR count). The second kappa shape index (κ2) is 8.62. The first kappa shape index (κ1) is 23.8. The first-order chi connectivity index (χ1) is 17.0. The van der Waals surface area contributed by atoms with Crippen molar-refractivity contribution >= 4 is 17.7 Å². The number of carbonyl (C=O) groups excluding carboxylic acids is 2. The van der Waals surface area contributed by atoms with Crippen LogP contribution in [0.4, 0.5) is 0 Å². The number of aromatic nitrogens is 2. The number of rotatable bonds is 3. The quantitative estimate of drug-likeness (QED) is 0.577. The number of nitrogens with zero attached hydrogens (tertiary/aromatic N) is 3. The molecule has 1 fully saturated rings. The number of hydrogen-bond acceptors (Lipinski definition) is 5. The van der Waals surface area contributed by atoms with Crippen LogP contribution in [0.1, 0.15) is 71.2 Å². The van der Waals surface area contributed by atoms with E-state index in [1.54, 1.807) is 46.1 Å². The van der Waals surface area contributed by atoms with E-state index < -0.39 is 11.6 Å². The van der Waals surface area contributed by atoms with Gasteiger partial charge in [-0.15, -0.1) is 0 Å². The van der Waals surface area contributed by atoms with E-state index in [1.165, 1.54) is 0 Å². The van der Waals surface area contributed by atoms with Crippen LogP contribution in [0.15, 0.2) is 54.7 Å². The highest BCUT2D eigenvalue weighted by Gasteiger charge is 2.45. The van der Waals surface area contributed by atoms with E-state index in [2.05, 4.69) is 5.10 Å². The molecule has 8 nitrogen and oxygen atoms in total. The fourth-order valence-electron chi connectivity index (χ4n) is 4.83. The predicted molar refractivity (Wildman–Crippen MR) is 134 cm³/mol. The number of piperidine rings is 1. The normalized spacial score (nSPS) is 17.0. The van der Waals surface area contributed by atoms with Crippen LogP contribution in [-0.2, 0) is 5.54 Å². The van der Waals surface area contributed by atoms with E-state index in [1.807, 2.05) is 39.0 Å². The number of carboxylic acids is 1. The molecule has 0 saturated carbocycles. The topological polar surface area (TPSA) is 102 Å². The van der Waals surface area contributed by atoms with E-state index in [4.69, 9.17) is 9.84 Å². The molecule has 0 aliphatic carbocycles. The number of carboxylic acid groups (broad SMARTS) is 1. The second-order valence-electron chi connectivity index (χ2n) is 10.6. The fraction of sp³-hybridized carbons (Fsp3) is 0.357. The molecule has 1 amide bonds. The van der Waals surface area contributed by atoms with E-state index in [0.717, 1.165) is 11.1 Å². The molecular weight excluding hydrogens is 458 g/mol. The largest absolute Gasteiger partial charge is 0.483 e. The minimum absolute atomic E-state index is 0.0133. The van der Waals surface area contributed by atoms with Crippen molar-refractivity contribution < 1.29 is 24.2 Å². The van der Waals surface area contributed by atoms with Gasteiger partial charge in [-0.2, -0.15) is 5.10 Å². The van der Waals surface area contributed by atoms with Crippen molar-refractivity contribution in [2.45, 2.75) is 51.2 Å². The maximum Gasteiger partial charge on any atom is 0.335 e. The minimum Gasteiger partial charge on any atom is -0.483 e. The average molecular weight is 488 g/mol. The third-order valence-electron chi connectivity index (χ3n) is 6.98. The molecule has 1 spiro atoms. The van der Waals surface area contributed by atoms with E-state index >= 15 is 0 Å². The second-order valence-corrected chi connectivity index (χ2v) is 10.6. The number of ketones is 1. The van der Waals surface area contributed by atoms with Crippen LogP contribution >= 0.6 is 0 Å². The van der Waals surface area contributed by atoms with E-state index in [0.29, 0.717) is 42.9 Å². The molecule has 0 atom stereocenters. The lowest BCUT2D eigenvalue weighted by molar-refractivity contribution is -0.00587. The van der Waals surface area contributed by atoms with Gasteiger partial charge in [-0.05, 0) is 56.2 Å². The third-order valence-corrected chi connectivity index (χ3v) is 6.98. The maximum absolute atomic E-state index is 13.3. The SMILES string of the molecule is CC(C)(C)n1cc2c(n1)C(=O)CC1(CCN(C(=O)c3cccc(-c4ccc(C(=O)O)cc4)c3)CC1)O2. The van der Waals surface area contributed by atoms with Crippen LogP contribution in [0.2, 0.25) is 0 Å². The summed E-state index contributed by atoms with van der Waals surface area (Å²) < 4.78 is 8.13.